The summed E-state index contributed by atoms with van der Waals surface area (Å²) in [5.41, 5.74) is 6.71. The monoisotopic (exact) mass is 182 g/mol. The summed E-state index contributed by atoms with van der Waals surface area (Å²) in [4.78, 5) is 6.65. The number of H-pyrrole nitrogens is 1. The summed E-state index contributed by atoms with van der Waals surface area (Å²) in [5.74, 6) is 0.276. The minimum atomic E-state index is 0.276. The number of aromatic amines is 1. The van der Waals surface area contributed by atoms with Crippen molar-refractivity contribution in [2.45, 2.75) is 0 Å². The molecule has 0 fully saturated rings. The van der Waals surface area contributed by atoms with Crippen LogP contribution in [0.4, 0.5) is 5.95 Å². The Morgan fingerprint density at radius 1 is 1.58 bits per heavy atom. The van der Waals surface area contributed by atoms with Gasteiger partial charge in [-0.1, -0.05) is 17.4 Å². The zero-order valence-corrected chi connectivity index (χ0v) is 7.09. The van der Waals surface area contributed by atoms with Gasteiger partial charge in [0.1, 0.15) is 0 Å². The lowest BCUT2D eigenvalue weighted by atomic mass is 10.5. The standard InChI is InChI=1S/C5H6N6S/c1-11-3-2(9-10-11)4(12)8-5(6)7-3/h1H3,(H3,6,7,8,12). The number of nitrogens with two attached hydrogens (primary N) is 1. The smallest absolute Gasteiger partial charge is 0.200 e. The number of hydrogen-bond donors (Lipinski definition) is 2. The van der Waals surface area contributed by atoms with E-state index < -0.39 is 0 Å². The lowest BCUT2D eigenvalue weighted by molar-refractivity contribution is 0.730. The van der Waals surface area contributed by atoms with Crippen molar-refractivity contribution >= 4 is 29.3 Å². The van der Waals surface area contributed by atoms with E-state index in [4.69, 9.17) is 18.0 Å². The summed E-state index contributed by atoms with van der Waals surface area (Å²) in [6, 6.07) is 0. The second-order valence-electron chi connectivity index (χ2n) is 2.34. The average Bonchev–Trinajstić information content (AvgIpc) is 2.33. The number of fused-ring (bicyclic) bond motifs is 1. The Bertz CT molecular complexity index is 482. The van der Waals surface area contributed by atoms with Crippen LogP contribution in [0.15, 0.2) is 0 Å². The third kappa shape index (κ3) is 0.866. The molecular weight excluding hydrogens is 176 g/mol. The van der Waals surface area contributed by atoms with Gasteiger partial charge in [-0.2, -0.15) is 0 Å². The van der Waals surface area contributed by atoms with Gasteiger partial charge in [-0.25, -0.2) is 9.67 Å². The number of nitrogens with zero attached hydrogens (tertiary/aromatic N) is 4. The van der Waals surface area contributed by atoms with Crippen molar-refractivity contribution in [3.05, 3.63) is 4.64 Å². The van der Waals surface area contributed by atoms with Crippen molar-refractivity contribution in [1.82, 2.24) is 25.0 Å². The van der Waals surface area contributed by atoms with Gasteiger partial charge in [0.05, 0.1) is 0 Å². The third-order valence-corrected chi connectivity index (χ3v) is 1.78. The van der Waals surface area contributed by atoms with E-state index in [-0.39, 0.29) is 5.95 Å². The van der Waals surface area contributed by atoms with Crippen LogP contribution in [0, 0.1) is 4.64 Å². The summed E-state index contributed by atoms with van der Waals surface area (Å²) >= 11 is 4.93. The van der Waals surface area contributed by atoms with Gasteiger partial charge in [0.25, 0.3) is 0 Å². The fourth-order valence-corrected chi connectivity index (χ4v) is 1.19. The molecule has 0 atom stereocenters. The van der Waals surface area contributed by atoms with Crippen molar-refractivity contribution in [2.24, 2.45) is 7.05 Å². The van der Waals surface area contributed by atoms with Crippen molar-refractivity contribution in [3.8, 4) is 0 Å². The van der Waals surface area contributed by atoms with Crippen LogP contribution in [0.3, 0.4) is 0 Å². The quantitative estimate of drug-likeness (QED) is 0.560. The molecule has 2 heterocycles. The van der Waals surface area contributed by atoms with Crippen LogP contribution in [-0.2, 0) is 7.05 Å². The molecule has 7 heteroatoms. The molecule has 0 aliphatic carbocycles. The lowest BCUT2D eigenvalue weighted by Gasteiger charge is -1.94. The van der Waals surface area contributed by atoms with Gasteiger partial charge in [0, 0.05) is 7.05 Å². The van der Waals surface area contributed by atoms with Gasteiger partial charge in [-0.15, -0.1) is 5.10 Å². The number of hydrogen-bond acceptors (Lipinski definition) is 5. The fraction of sp³-hybridized carbons (Fsp3) is 0.200. The van der Waals surface area contributed by atoms with Gasteiger partial charge in [0.2, 0.25) is 5.95 Å². The summed E-state index contributed by atoms with van der Waals surface area (Å²) < 4.78 is 1.93. The molecule has 0 amide bonds. The van der Waals surface area contributed by atoms with E-state index in [0.717, 1.165) is 0 Å². The molecule has 0 aliphatic heterocycles. The highest BCUT2D eigenvalue weighted by Gasteiger charge is 2.04. The molecule has 6 nitrogen and oxygen atoms in total. The average molecular weight is 182 g/mol. The highest BCUT2D eigenvalue weighted by Crippen LogP contribution is 2.07. The summed E-state index contributed by atoms with van der Waals surface area (Å²) in [6.45, 7) is 0. The highest BCUT2D eigenvalue weighted by atomic mass is 32.1. The van der Waals surface area contributed by atoms with Crippen molar-refractivity contribution in [2.75, 3.05) is 5.73 Å². The fourth-order valence-electron chi connectivity index (χ4n) is 0.953. The van der Waals surface area contributed by atoms with Crippen LogP contribution >= 0.6 is 12.2 Å². The van der Waals surface area contributed by atoms with Crippen LogP contribution in [0.5, 0.6) is 0 Å². The first kappa shape index (κ1) is 7.17. The predicted octanol–water partition coefficient (Wildman–Crippen LogP) is 0.00309. The molecule has 0 aromatic carbocycles. The first-order valence-electron chi connectivity index (χ1n) is 3.23. The van der Waals surface area contributed by atoms with E-state index >= 15 is 0 Å². The molecule has 2 aromatic heterocycles. The molecule has 0 spiro atoms. The van der Waals surface area contributed by atoms with Gasteiger partial charge in [0.15, 0.2) is 15.8 Å². The highest BCUT2D eigenvalue weighted by molar-refractivity contribution is 7.71. The van der Waals surface area contributed by atoms with Gasteiger partial charge in [-0.05, 0) is 0 Å². The largest absolute Gasteiger partial charge is 0.369 e. The molecule has 2 rings (SSSR count). The number of nitrogens with one attached hydrogen (secondary N) is 1. The Morgan fingerprint density at radius 2 is 2.33 bits per heavy atom. The molecule has 0 saturated carbocycles. The van der Waals surface area contributed by atoms with E-state index in [2.05, 4.69) is 20.3 Å². The second-order valence-corrected chi connectivity index (χ2v) is 2.72. The maximum Gasteiger partial charge on any atom is 0.200 e. The SMILES string of the molecule is Cn1nnc2c(=S)nc(N)[nH]c21. The number of nitrogen functional groups attached to an aromatic ring is 1. The van der Waals surface area contributed by atoms with E-state index in [1.165, 1.54) is 0 Å². The van der Waals surface area contributed by atoms with Crippen molar-refractivity contribution < 1.29 is 0 Å². The molecule has 0 radical (unpaired) electrons. The first-order chi connectivity index (χ1) is 5.68. The summed E-state index contributed by atoms with van der Waals surface area (Å²) in [6.07, 6.45) is 0. The van der Waals surface area contributed by atoms with E-state index in [1.54, 1.807) is 11.7 Å². The Labute approximate surface area is 72.4 Å². The first-order valence-corrected chi connectivity index (χ1v) is 3.64. The molecule has 0 aliphatic rings. The molecule has 0 unspecified atom stereocenters. The van der Waals surface area contributed by atoms with E-state index in [1.807, 2.05) is 0 Å². The Morgan fingerprint density at radius 3 is 3.08 bits per heavy atom. The van der Waals surface area contributed by atoms with Gasteiger partial charge < -0.3 is 10.7 Å². The summed E-state index contributed by atoms with van der Waals surface area (Å²) in [7, 11) is 1.75. The Balaban J connectivity index is 3.03. The number of rotatable bonds is 0. The van der Waals surface area contributed by atoms with Crippen LogP contribution < -0.4 is 5.73 Å². The lowest BCUT2D eigenvalue weighted by Crippen LogP contribution is -1.98. The molecule has 3 N–H and O–H groups in total. The Kier molecular flexibility index (Phi) is 1.34. The molecule has 12 heavy (non-hydrogen) atoms. The zero-order chi connectivity index (χ0) is 8.72. The zero-order valence-electron chi connectivity index (χ0n) is 6.27. The molecule has 62 valence electrons. The Hall–Kier alpha value is -1.50. The molecule has 2 aromatic rings. The van der Waals surface area contributed by atoms with Gasteiger partial charge >= 0.3 is 0 Å². The van der Waals surface area contributed by atoms with Crippen molar-refractivity contribution in [1.29, 1.82) is 0 Å². The van der Waals surface area contributed by atoms with E-state index in [0.29, 0.717) is 15.8 Å². The third-order valence-electron chi connectivity index (χ3n) is 1.50. The topological polar surface area (TPSA) is 85.4 Å². The minimum Gasteiger partial charge on any atom is -0.369 e. The summed E-state index contributed by atoms with van der Waals surface area (Å²) in [5, 5.41) is 7.59. The maximum absolute atomic E-state index is 5.45. The maximum atomic E-state index is 5.45. The molecule has 0 saturated heterocycles. The van der Waals surface area contributed by atoms with Crippen molar-refractivity contribution in [3.63, 3.8) is 0 Å². The predicted molar refractivity (Wildman–Crippen MR) is 45.9 cm³/mol. The minimum absolute atomic E-state index is 0.276. The second kappa shape index (κ2) is 2.24. The van der Waals surface area contributed by atoms with Crippen LogP contribution in [0.2, 0.25) is 0 Å². The molecule has 0 bridgehead atoms. The van der Waals surface area contributed by atoms with Crippen LogP contribution in [0.1, 0.15) is 0 Å². The normalized spacial score (nSPS) is 10.8. The number of anilines is 1. The van der Waals surface area contributed by atoms with Crippen LogP contribution in [-0.4, -0.2) is 25.0 Å². The van der Waals surface area contributed by atoms with Gasteiger partial charge in [-0.3, -0.25) is 0 Å². The molecular formula is C5H6N6S. The number of aryl methyl sites for hydroxylation is 1. The number of aromatic nitrogens is 5. The van der Waals surface area contributed by atoms with E-state index in [9.17, 15) is 0 Å². The van der Waals surface area contributed by atoms with Crippen LogP contribution in [0.25, 0.3) is 11.2 Å².